The van der Waals surface area contributed by atoms with E-state index in [2.05, 4.69) is 21.3 Å². The number of amides is 4. The Balaban J connectivity index is 1.38. The van der Waals surface area contributed by atoms with Gasteiger partial charge in [0.25, 0.3) is 11.8 Å². The molecule has 0 aliphatic carbocycles. The number of nitrogens with zero attached hydrogens (tertiary/aromatic N) is 1. The summed E-state index contributed by atoms with van der Waals surface area (Å²) < 4.78 is 1.73. The van der Waals surface area contributed by atoms with Crippen molar-refractivity contribution in [1.82, 2.24) is 25.8 Å². The molecule has 1 aliphatic heterocycles. The number of rotatable bonds is 10. The first-order valence-corrected chi connectivity index (χ1v) is 12.1. The van der Waals surface area contributed by atoms with Gasteiger partial charge in [-0.05, 0) is 30.5 Å². The van der Waals surface area contributed by atoms with Crippen molar-refractivity contribution in [2.75, 3.05) is 13.1 Å². The number of aryl methyl sites for hydroxylation is 1. The van der Waals surface area contributed by atoms with Crippen LogP contribution in [0.4, 0.5) is 0 Å². The number of carbonyl (C=O) groups is 5. The van der Waals surface area contributed by atoms with Gasteiger partial charge in [0.15, 0.2) is 0 Å². The number of fused-ring (bicyclic) bond motifs is 1. The number of hydrogen-bond donors (Lipinski definition) is 4. The molecule has 1 fully saturated rings. The minimum absolute atomic E-state index is 0.00763. The molecule has 2 heterocycles. The van der Waals surface area contributed by atoms with Gasteiger partial charge in [-0.2, -0.15) is 0 Å². The van der Waals surface area contributed by atoms with Gasteiger partial charge in [-0.15, -0.1) is 0 Å². The van der Waals surface area contributed by atoms with E-state index in [0.717, 1.165) is 16.5 Å². The number of para-hydroxylation sites is 1. The van der Waals surface area contributed by atoms with E-state index in [1.165, 1.54) is 0 Å². The van der Waals surface area contributed by atoms with E-state index >= 15 is 0 Å². The lowest BCUT2D eigenvalue weighted by atomic mass is 9.95. The van der Waals surface area contributed by atoms with Crippen molar-refractivity contribution in [2.24, 2.45) is 13.0 Å². The molecule has 0 bridgehead atoms. The number of nitrogens with one attached hydrogen (secondary N) is 4. The average molecular weight is 504 g/mol. The molecule has 10 nitrogen and oxygen atoms in total. The Kier molecular flexibility index (Phi) is 7.97. The predicted octanol–water partition coefficient (Wildman–Crippen LogP) is 0.805. The second kappa shape index (κ2) is 11.5. The van der Waals surface area contributed by atoms with Crippen LogP contribution in [0.3, 0.4) is 0 Å². The Labute approximate surface area is 213 Å². The second-order valence-corrected chi connectivity index (χ2v) is 9.00. The van der Waals surface area contributed by atoms with Crippen molar-refractivity contribution in [1.29, 1.82) is 0 Å². The molecule has 1 saturated heterocycles. The Morgan fingerprint density at radius 2 is 1.76 bits per heavy atom. The molecule has 2 atom stereocenters. The van der Waals surface area contributed by atoms with Gasteiger partial charge in [-0.3, -0.25) is 24.0 Å². The molecule has 2 unspecified atom stereocenters. The number of carbonyl (C=O) groups excluding carboxylic acids is 5. The molecule has 1 aromatic heterocycles. The minimum Gasteiger partial charge on any atom is -0.356 e. The SMILES string of the molecule is Cn1c(C(=O)NCC(=O)NC(CC2CCNC2=O)C(=O)C(=O)NCc2ccccc2)cc2ccccc21. The van der Waals surface area contributed by atoms with Crippen molar-refractivity contribution in [2.45, 2.75) is 25.4 Å². The van der Waals surface area contributed by atoms with E-state index in [1.807, 2.05) is 54.6 Å². The summed E-state index contributed by atoms with van der Waals surface area (Å²) in [5.41, 5.74) is 2.07. The number of aromatic nitrogens is 1. The van der Waals surface area contributed by atoms with Gasteiger partial charge in [0.2, 0.25) is 17.6 Å². The Morgan fingerprint density at radius 1 is 1.03 bits per heavy atom. The summed E-state index contributed by atoms with van der Waals surface area (Å²) in [4.78, 5) is 63.0. The fourth-order valence-corrected chi connectivity index (χ4v) is 4.41. The normalized spacial score (nSPS) is 15.6. The second-order valence-electron chi connectivity index (χ2n) is 9.00. The largest absolute Gasteiger partial charge is 0.356 e. The summed E-state index contributed by atoms with van der Waals surface area (Å²) in [6, 6.07) is 17.1. The average Bonchev–Trinajstić information content (AvgIpc) is 3.48. The van der Waals surface area contributed by atoms with E-state index in [-0.39, 0.29) is 18.9 Å². The maximum Gasteiger partial charge on any atom is 0.289 e. The van der Waals surface area contributed by atoms with E-state index in [9.17, 15) is 24.0 Å². The van der Waals surface area contributed by atoms with Crippen LogP contribution in [0.15, 0.2) is 60.7 Å². The van der Waals surface area contributed by atoms with Crippen LogP contribution < -0.4 is 21.3 Å². The van der Waals surface area contributed by atoms with Gasteiger partial charge in [0.05, 0.1) is 12.6 Å². The Bertz CT molecular complexity index is 1330. The van der Waals surface area contributed by atoms with Gasteiger partial charge in [0.1, 0.15) is 5.69 Å². The van der Waals surface area contributed by atoms with Crippen LogP contribution in [0.2, 0.25) is 0 Å². The van der Waals surface area contributed by atoms with Gasteiger partial charge in [-0.1, -0.05) is 48.5 Å². The van der Waals surface area contributed by atoms with Crippen LogP contribution in [0.5, 0.6) is 0 Å². The first-order valence-electron chi connectivity index (χ1n) is 12.1. The summed E-state index contributed by atoms with van der Waals surface area (Å²) in [5, 5.41) is 11.3. The predicted molar refractivity (Wildman–Crippen MR) is 136 cm³/mol. The van der Waals surface area contributed by atoms with Crippen molar-refractivity contribution in [3.05, 3.63) is 71.9 Å². The molecule has 37 heavy (non-hydrogen) atoms. The number of Topliss-reactive ketones (excluding diaryl/α,β-unsaturated/α-hetero) is 1. The first-order chi connectivity index (χ1) is 17.8. The van der Waals surface area contributed by atoms with Crippen molar-refractivity contribution in [3.63, 3.8) is 0 Å². The molecule has 1 aliphatic rings. The quantitative estimate of drug-likeness (QED) is 0.303. The highest BCUT2D eigenvalue weighted by atomic mass is 16.2. The smallest absolute Gasteiger partial charge is 0.289 e. The first kappa shape index (κ1) is 25.6. The van der Waals surface area contributed by atoms with Crippen LogP contribution in [0.1, 0.15) is 28.9 Å². The summed E-state index contributed by atoms with van der Waals surface area (Å²) in [7, 11) is 1.76. The minimum atomic E-state index is -1.20. The van der Waals surface area contributed by atoms with E-state index in [1.54, 1.807) is 17.7 Å². The summed E-state index contributed by atoms with van der Waals surface area (Å²) >= 11 is 0. The molecule has 0 saturated carbocycles. The van der Waals surface area contributed by atoms with Gasteiger partial charge >= 0.3 is 0 Å². The van der Waals surface area contributed by atoms with Crippen LogP contribution >= 0.6 is 0 Å². The molecular weight excluding hydrogens is 474 g/mol. The van der Waals surface area contributed by atoms with Gasteiger partial charge in [-0.25, -0.2) is 0 Å². The van der Waals surface area contributed by atoms with Crippen molar-refractivity contribution < 1.29 is 24.0 Å². The van der Waals surface area contributed by atoms with E-state index in [0.29, 0.717) is 18.7 Å². The zero-order valence-corrected chi connectivity index (χ0v) is 20.5. The molecule has 10 heteroatoms. The monoisotopic (exact) mass is 503 g/mol. The lowest BCUT2D eigenvalue weighted by Crippen LogP contribution is -2.51. The topological polar surface area (TPSA) is 138 Å². The number of ketones is 1. The fraction of sp³-hybridized carbons (Fsp3) is 0.296. The lowest BCUT2D eigenvalue weighted by molar-refractivity contribution is -0.140. The Hall–Kier alpha value is -4.47. The zero-order valence-electron chi connectivity index (χ0n) is 20.5. The molecule has 4 amide bonds. The van der Waals surface area contributed by atoms with E-state index in [4.69, 9.17) is 0 Å². The standard InChI is InChI=1S/C27H29N5O5/c1-32-21-10-6-5-9-18(21)14-22(32)26(36)30-16-23(33)31-20(13-19-11-12-28-25(19)35)24(34)27(37)29-15-17-7-3-2-4-8-17/h2-10,14,19-20H,11-13,15-16H2,1H3,(H,28,35)(H,29,37)(H,30,36)(H,31,33). The third-order valence-electron chi connectivity index (χ3n) is 6.45. The summed E-state index contributed by atoms with van der Waals surface area (Å²) in [5.74, 6) is -3.51. The highest BCUT2D eigenvalue weighted by molar-refractivity contribution is 6.38. The highest BCUT2D eigenvalue weighted by Crippen LogP contribution is 2.18. The van der Waals surface area contributed by atoms with E-state index < -0.39 is 42.0 Å². The molecule has 0 radical (unpaired) electrons. The molecule has 3 aromatic rings. The van der Waals surface area contributed by atoms with Crippen molar-refractivity contribution in [3.8, 4) is 0 Å². The molecule has 0 spiro atoms. The van der Waals surface area contributed by atoms with Crippen LogP contribution in [-0.2, 0) is 32.8 Å². The van der Waals surface area contributed by atoms with Crippen LogP contribution in [0.25, 0.3) is 10.9 Å². The van der Waals surface area contributed by atoms with Gasteiger partial charge < -0.3 is 25.8 Å². The highest BCUT2D eigenvalue weighted by Gasteiger charge is 2.34. The third-order valence-corrected chi connectivity index (χ3v) is 6.45. The van der Waals surface area contributed by atoms with Gasteiger partial charge in [0, 0.05) is 37.0 Å². The maximum atomic E-state index is 12.9. The zero-order chi connectivity index (χ0) is 26.4. The maximum absolute atomic E-state index is 12.9. The number of benzene rings is 2. The molecule has 192 valence electrons. The molecule has 4 N–H and O–H groups in total. The number of hydrogen-bond acceptors (Lipinski definition) is 5. The molecule has 4 rings (SSSR count). The van der Waals surface area contributed by atoms with Crippen LogP contribution in [-0.4, -0.2) is 53.1 Å². The summed E-state index contributed by atoms with van der Waals surface area (Å²) in [6.07, 6.45) is 0.494. The third kappa shape index (κ3) is 6.21. The molecule has 2 aromatic carbocycles. The summed E-state index contributed by atoms with van der Waals surface area (Å²) in [6.45, 7) is 0.226. The lowest BCUT2D eigenvalue weighted by Gasteiger charge is -2.20. The molecular formula is C27H29N5O5. The van der Waals surface area contributed by atoms with Crippen molar-refractivity contribution >= 4 is 40.3 Å². The van der Waals surface area contributed by atoms with Crippen LogP contribution in [0, 0.1) is 5.92 Å². The fourth-order valence-electron chi connectivity index (χ4n) is 4.41. The Morgan fingerprint density at radius 3 is 2.46 bits per heavy atom.